The van der Waals surface area contributed by atoms with E-state index in [4.69, 9.17) is 21.3 Å². The molecule has 24 heavy (non-hydrogen) atoms. The van der Waals surface area contributed by atoms with Gasteiger partial charge in [0.25, 0.3) is 0 Å². The Labute approximate surface area is 145 Å². The summed E-state index contributed by atoms with van der Waals surface area (Å²) in [5.74, 6) is 1.52. The van der Waals surface area contributed by atoms with Gasteiger partial charge in [0.15, 0.2) is 11.5 Å². The molecule has 0 aliphatic carbocycles. The summed E-state index contributed by atoms with van der Waals surface area (Å²) in [5.41, 5.74) is 2.35. The lowest BCUT2D eigenvalue weighted by Crippen LogP contribution is -2.37. The lowest BCUT2D eigenvalue weighted by atomic mass is 10.2. The molecule has 0 saturated heterocycles. The van der Waals surface area contributed by atoms with Crippen LogP contribution in [-0.4, -0.2) is 26.7 Å². The zero-order chi connectivity index (χ0) is 17.3. The molecule has 0 spiro atoms. The number of hydrogen-bond acceptors (Lipinski definition) is 4. The van der Waals surface area contributed by atoms with Crippen molar-refractivity contribution in [1.29, 1.82) is 0 Å². The van der Waals surface area contributed by atoms with Crippen molar-refractivity contribution in [2.24, 2.45) is 0 Å². The predicted molar refractivity (Wildman–Crippen MR) is 96.1 cm³/mol. The molecule has 3 aromatic rings. The molecule has 0 saturated carbocycles. The van der Waals surface area contributed by atoms with E-state index in [-0.39, 0.29) is 0 Å². The first kappa shape index (κ1) is 16.5. The lowest BCUT2D eigenvalue weighted by molar-refractivity contribution is 0.349. The van der Waals surface area contributed by atoms with Gasteiger partial charge in [-0.3, -0.25) is 4.40 Å². The van der Waals surface area contributed by atoms with E-state index in [9.17, 15) is 0 Å². The number of aryl methyl sites for hydroxylation is 1. The van der Waals surface area contributed by atoms with E-state index < -0.39 is 0 Å². The monoisotopic (exact) mass is 342 g/mol. The molecule has 0 N–H and O–H groups in total. The third-order valence-corrected chi connectivity index (χ3v) is 4.30. The fourth-order valence-corrected chi connectivity index (χ4v) is 3.04. The van der Waals surface area contributed by atoms with Gasteiger partial charge in [-0.1, -0.05) is 36.7 Å². The molecule has 1 aromatic carbocycles. The minimum absolute atomic E-state index is 0.635. The fraction of sp³-hybridized carbons (Fsp3) is 0.278. The molecule has 6 heteroatoms. The van der Waals surface area contributed by atoms with Gasteiger partial charge >= 0.3 is 0 Å². The van der Waals surface area contributed by atoms with Crippen LogP contribution in [0, 0.1) is 6.92 Å². The molecule has 0 fully saturated rings. The topological polar surface area (TPSA) is 52.3 Å². The van der Waals surface area contributed by atoms with Gasteiger partial charge in [0.2, 0.25) is 0 Å². The summed E-state index contributed by atoms with van der Waals surface area (Å²) in [5, 5.41) is 11.0. The van der Waals surface area contributed by atoms with Crippen LogP contribution in [0.2, 0.25) is 5.02 Å². The van der Waals surface area contributed by atoms with Gasteiger partial charge in [0.1, 0.15) is 11.1 Å². The second-order valence-corrected chi connectivity index (χ2v) is 5.77. The van der Waals surface area contributed by atoms with Crippen molar-refractivity contribution >= 4 is 29.1 Å². The van der Waals surface area contributed by atoms with E-state index in [1.54, 1.807) is 7.11 Å². The summed E-state index contributed by atoms with van der Waals surface area (Å²) < 4.78 is 7.53. The molecule has 124 valence electrons. The Kier molecular flexibility index (Phi) is 4.53. The summed E-state index contributed by atoms with van der Waals surface area (Å²) in [6.45, 7) is 5.93. The standard InChI is InChI=1S/C18H19ClN4O/c1-5-14-16(15(6-2)24-4)20-11(3)17-21-22-18(23(14)17)12-9-7-8-10-13(12)19/h5,7-10H,6H2,1-4H3. The number of ether oxygens (including phenoxy) is 1. The molecule has 0 aliphatic heterocycles. The van der Waals surface area contributed by atoms with Crippen molar-refractivity contribution < 1.29 is 4.74 Å². The Balaban J connectivity index is 2.54. The number of halogens is 1. The van der Waals surface area contributed by atoms with Gasteiger partial charge < -0.3 is 4.74 Å². The van der Waals surface area contributed by atoms with Gasteiger partial charge in [-0.05, 0) is 26.0 Å². The minimum Gasteiger partial charge on any atom is -0.499 e. The number of hydrogen-bond donors (Lipinski definition) is 0. The quantitative estimate of drug-likeness (QED) is 0.734. The number of methoxy groups -OCH3 is 1. The van der Waals surface area contributed by atoms with Crippen LogP contribution in [0.1, 0.15) is 26.0 Å². The molecular formula is C18H19ClN4O. The van der Waals surface area contributed by atoms with E-state index in [1.807, 2.05) is 55.5 Å². The van der Waals surface area contributed by atoms with Crippen molar-refractivity contribution in [3.8, 4) is 11.4 Å². The van der Waals surface area contributed by atoms with Crippen LogP contribution in [-0.2, 0) is 4.74 Å². The van der Waals surface area contributed by atoms with Crippen LogP contribution in [0.5, 0.6) is 0 Å². The van der Waals surface area contributed by atoms with Crippen molar-refractivity contribution in [2.45, 2.75) is 27.2 Å². The SMILES string of the molecule is CC=c1c(=C(CC)OC)nc(C)c2nnc(-c3ccccc3Cl)n12. The first-order valence-electron chi connectivity index (χ1n) is 7.82. The summed E-state index contributed by atoms with van der Waals surface area (Å²) in [4.78, 5) is 4.69. The number of nitrogens with zero attached hydrogens (tertiary/aromatic N) is 4. The van der Waals surface area contributed by atoms with Gasteiger partial charge in [-0.2, -0.15) is 0 Å². The summed E-state index contributed by atoms with van der Waals surface area (Å²) >= 11 is 6.37. The number of fused-ring (bicyclic) bond motifs is 1. The summed E-state index contributed by atoms with van der Waals surface area (Å²) in [6, 6.07) is 7.62. The van der Waals surface area contributed by atoms with Gasteiger partial charge in [-0.25, -0.2) is 4.98 Å². The van der Waals surface area contributed by atoms with E-state index in [1.165, 1.54) is 0 Å². The van der Waals surface area contributed by atoms with Gasteiger partial charge in [0, 0.05) is 12.0 Å². The highest BCUT2D eigenvalue weighted by molar-refractivity contribution is 6.33. The lowest BCUT2D eigenvalue weighted by Gasteiger charge is -2.08. The van der Waals surface area contributed by atoms with Crippen LogP contribution in [0.15, 0.2) is 24.3 Å². The average molecular weight is 343 g/mol. The Morgan fingerprint density at radius 2 is 2.04 bits per heavy atom. The highest BCUT2D eigenvalue weighted by atomic mass is 35.5. The van der Waals surface area contributed by atoms with E-state index in [2.05, 4.69) is 10.2 Å². The smallest absolute Gasteiger partial charge is 0.183 e. The molecule has 0 radical (unpaired) electrons. The van der Waals surface area contributed by atoms with Crippen LogP contribution in [0.25, 0.3) is 28.9 Å². The Hall–Kier alpha value is -2.40. The number of benzene rings is 1. The average Bonchev–Trinajstić information content (AvgIpc) is 3.02. The van der Waals surface area contributed by atoms with Crippen LogP contribution >= 0.6 is 11.6 Å². The minimum atomic E-state index is 0.635. The maximum absolute atomic E-state index is 6.37. The zero-order valence-electron chi connectivity index (χ0n) is 14.2. The molecule has 2 heterocycles. The van der Waals surface area contributed by atoms with Crippen molar-refractivity contribution in [3.63, 3.8) is 0 Å². The zero-order valence-corrected chi connectivity index (χ0v) is 14.9. The largest absolute Gasteiger partial charge is 0.499 e. The summed E-state index contributed by atoms with van der Waals surface area (Å²) in [6.07, 6.45) is 2.74. The Morgan fingerprint density at radius 3 is 2.67 bits per heavy atom. The number of aromatic nitrogens is 4. The molecular weight excluding hydrogens is 324 g/mol. The third kappa shape index (κ3) is 2.55. The first-order valence-corrected chi connectivity index (χ1v) is 8.20. The normalized spacial score (nSPS) is 13.5. The highest BCUT2D eigenvalue weighted by Gasteiger charge is 2.15. The predicted octanol–water partition coefficient (Wildman–Crippen LogP) is 2.72. The van der Waals surface area contributed by atoms with E-state index in [0.717, 1.165) is 34.1 Å². The maximum atomic E-state index is 6.37. The van der Waals surface area contributed by atoms with Crippen molar-refractivity contribution in [1.82, 2.24) is 19.6 Å². The molecule has 0 unspecified atom stereocenters. The molecule has 0 bridgehead atoms. The maximum Gasteiger partial charge on any atom is 0.183 e. The molecule has 2 aromatic heterocycles. The summed E-state index contributed by atoms with van der Waals surface area (Å²) in [7, 11) is 1.67. The van der Waals surface area contributed by atoms with Crippen LogP contribution in [0.3, 0.4) is 0 Å². The molecule has 0 aliphatic rings. The molecule has 3 rings (SSSR count). The molecule has 5 nitrogen and oxygen atoms in total. The fourth-order valence-electron chi connectivity index (χ4n) is 2.82. The third-order valence-electron chi connectivity index (χ3n) is 3.97. The highest BCUT2D eigenvalue weighted by Crippen LogP contribution is 2.25. The van der Waals surface area contributed by atoms with Gasteiger partial charge in [0.05, 0.1) is 23.2 Å². The second kappa shape index (κ2) is 6.61. The van der Waals surface area contributed by atoms with E-state index in [0.29, 0.717) is 16.5 Å². The van der Waals surface area contributed by atoms with Crippen LogP contribution < -0.4 is 10.7 Å². The van der Waals surface area contributed by atoms with Gasteiger partial charge in [-0.15, -0.1) is 10.2 Å². The van der Waals surface area contributed by atoms with Crippen LogP contribution in [0.4, 0.5) is 0 Å². The van der Waals surface area contributed by atoms with Crippen molar-refractivity contribution in [2.75, 3.05) is 7.11 Å². The van der Waals surface area contributed by atoms with E-state index >= 15 is 0 Å². The second-order valence-electron chi connectivity index (χ2n) is 5.36. The Morgan fingerprint density at radius 1 is 1.29 bits per heavy atom. The first-order chi connectivity index (χ1) is 11.6. The molecule has 0 atom stereocenters. The Bertz CT molecular complexity index is 1020. The molecule has 0 amide bonds. The van der Waals surface area contributed by atoms with Crippen molar-refractivity contribution in [3.05, 3.63) is 45.7 Å². The number of rotatable bonds is 3.